The highest BCUT2D eigenvalue weighted by Crippen LogP contribution is 2.67. The SMILES string of the molecule is CC(C)CCC[C@@H](C)[C@H]1CC[C@H]2[C@@H]3CC=C4C[C@@H](SC(=O)[C@H](Br)C(C)C)CC[C@]4(C)[C@H]3CC[C@]12C. The Hall–Kier alpha value is 0.240. The fraction of sp³-hybridized carbons (Fsp3) is 0.906. The highest BCUT2D eigenvalue weighted by Gasteiger charge is 2.59. The number of allylic oxidation sites excluding steroid dienone is 2. The van der Waals surface area contributed by atoms with Crippen molar-refractivity contribution in [3.63, 3.8) is 0 Å². The number of carbonyl (C=O) groups excluding carboxylic acids is 1. The second-order valence-electron chi connectivity index (χ2n) is 14.2. The molecule has 0 radical (unpaired) electrons. The molecule has 200 valence electrons. The van der Waals surface area contributed by atoms with Crippen LogP contribution < -0.4 is 0 Å². The molecule has 9 atom stereocenters. The molecular formula is C32H53BrOS. The maximum absolute atomic E-state index is 12.8. The summed E-state index contributed by atoms with van der Waals surface area (Å²) in [7, 11) is 0. The number of halogens is 1. The zero-order valence-electron chi connectivity index (χ0n) is 23.7. The zero-order valence-corrected chi connectivity index (χ0v) is 26.1. The Labute approximate surface area is 229 Å². The third kappa shape index (κ3) is 5.53. The first-order valence-electron chi connectivity index (χ1n) is 15.0. The Morgan fingerprint density at radius 2 is 1.77 bits per heavy atom. The van der Waals surface area contributed by atoms with E-state index in [9.17, 15) is 4.79 Å². The van der Waals surface area contributed by atoms with Crippen molar-refractivity contribution in [1.29, 1.82) is 0 Å². The average molecular weight is 566 g/mol. The number of rotatable bonds is 8. The van der Waals surface area contributed by atoms with Gasteiger partial charge < -0.3 is 0 Å². The van der Waals surface area contributed by atoms with Crippen LogP contribution in [0.5, 0.6) is 0 Å². The summed E-state index contributed by atoms with van der Waals surface area (Å²) in [4.78, 5) is 12.8. The number of carbonyl (C=O) groups is 1. The standard InChI is InChI=1S/C32H53BrOS/c1-20(2)9-8-10-22(5)26-13-14-27-25-12-11-23-19-24(35-30(34)29(33)21(3)4)15-17-31(23,6)28(25)16-18-32(26,27)7/h11,20-22,24-29H,8-10,12-19H2,1-7H3/t22-,24+,25+,26-,27+,28+,29-,31+,32-/m1/s1. The summed E-state index contributed by atoms with van der Waals surface area (Å²) in [6.45, 7) is 16.9. The molecule has 35 heavy (non-hydrogen) atoms. The Kier molecular flexibility index (Phi) is 9.00. The summed E-state index contributed by atoms with van der Waals surface area (Å²) in [5.74, 6) is 5.74. The van der Waals surface area contributed by atoms with Crippen molar-refractivity contribution in [3.05, 3.63) is 11.6 Å². The van der Waals surface area contributed by atoms with Crippen molar-refractivity contribution in [3.8, 4) is 0 Å². The zero-order chi connectivity index (χ0) is 25.5. The Balaban J connectivity index is 1.43. The van der Waals surface area contributed by atoms with E-state index in [4.69, 9.17) is 0 Å². The van der Waals surface area contributed by atoms with Crippen LogP contribution in [-0.4, -0.2) is 15.2 Å². The molecule has 0 aliphatic heterocycles. The van der Waals surface area contributed by atoms with Crippen LogP contribution in [0.1, 0.15) is 119 Å². The van der Waals surface area contributed by atoms with Crippen molar-refractivity contribution in [2.24, 2.45) is 52.3 Å². The molecule has 0 aromatic rings. The van der Waals surface area contributed by atoms with E-state index in [2.05, 4.69) is 70.5 Å². The molecule has 0 unspecified atom stereocenters. The lowest BCUT2D eigenvalue weighted by molar-refractivity contribution is -0.111. The summed E-state index contributed by atoms with van der Waals surface area (Å²) < 4.78 is 0. The van der Waals surface area contributed by atoms with Crippen LogP contribution in [0.2, 0.25) is 0 Å². The molecule has 0 N–H and O–H groups in total. The lowest BCUT2D eigenvalue weighted by atomic mass is 9.47. The molecule has 0 saturated heterocycles. The number of fused-ring (bicyclic) bond motifs is 5. The Morgan fingerprint density at radius 1 is 1.03 bits per heavy atom. The predicted molar refractivity (Wildman–Crippen MR) is 157 cm³/mol. The van der Waals surface area contributed by atoms with Crippen molar-refractivity contribution in [2.75, 3.05) is 0 Å². The van der Waals surface area contributed by atoms with Crippen LogP contribution in [0.4, 0.5) is 0 Å². The minimum Gasteiger partial charge on any atom is -0.286 e. The van der Waals surface area contributed by atoms with Crippen LogP contribution in [0.15, 0.2) is 11.6 Å². The largest absolute Gasteiger partial charge is 0.286 e. The van der Waals surface area contributed by atoms with Gasteiger partial charge >= 0.3 is 0 Å². The molecular weight excluding hydrogens is 512 g/mol. The third-order valence-electron chi connectivity index (χ3n) is 11.4. The van der Waals surface area contributed by atoms with Gasteiger partial charge in [-0.1, -0.05) is 107 Å². The molecule has 4 aliphatic carbocycles. The van der Waals surface area contributed by atoms with Gasteiger partial charge in [0, 0.05) is 5.25 Å². The van der Waals surface area contributed by atoms with Gasteiger partial charge in [0.25, 0.3) is 0 Å². The molecule has 3 fully saturated rings. The van der Waals surface area contributed by atoms with E-state index in [1.807, 2.05) is 0 Å². The van der Waals surface area contributed by atoms with E-state index >= 15 is 0 Å². The average Bonchev–Trinajstić information content (AvgIpc) is 3.15. The lowest BCUT2D eigenvalue weighted by Crippen LogP contribution is -2.50. The minimum absolute atomic E-state index is 0.00961. The number of alkyl halides is 1. The summed E-state index contributed by atoms with van der Waals surface area (Å²) in [6, 6.07) is 0. The predicted octanol–water partition coefficient (Wildman–Crippen LogP) is 10.1. The summed E-state index contributed by atoms with van der Waals surface area (Å²) >= 11 is 5.28. The molecule has 4 aliphatic rings. The van der Waals surface area contributed by atoms with Gasteiger partial charge in [-0.15, -0.1) is 0 Å². The van der Waals surface area contributed by atoms with E-state index in [1.54, 1.807) is 17.3 Å². The highest BCUT2D eigenvalue weighted by atomic mass is 79.9. The molecule has 0 heterocycles. The monoisotopic (exact) mass is 564 g/mol. The van der Waals surface area contributed by atoms with E-state index in [0.717, 1.165) is 41.9 Å². The van der Waals surface area contributed by atoms with Crippen molar-refractivity contribution in [1.82, 2.24) is 0 Å². The number of thioether (sulfide) groups is 1. The number of hydrogen-bond donors (Lipinski definition) is 0. The summed E-state index contributed by atoms with van der Waals surface area (Å²) in [5, 5.41) is 0.824. The molecule has 4 rings (SSSR count). The minimum atomic E-state index is -0.00961. The van der Waals surface area contributed by atoms with Crippen LogP contribution >= 0.6 is 27.7 Å². The Bertz CT molecular complexity index is 788. The molecule has 0 spiro atoms. The summed E-state index contributed by atoms with van der Waals surface area (Å²) in [6.07, 6.45) is 17.7. The van der Waals surface area contributed by atoms with Gasteiger partial charge in [0.2, 0.25) is 5.12 Å². The van der Waals surface area contributed by atoms with Gasteiger partial charge in [-0.05, 0) is 104 Å². The summed E-state index contributed by atoms with van der Waals surface area (Å²) in [5.41, 5.74) is 2.67. The molecule has 1 nitrogen and oxygen atoms in total. The van der Waals surface area contributed by atoms with E-state index < -0.39 is 0 Å². The van der Waals surface area contributed by atoms with Gasteiger partial charge in [0.1, 0.15) is 0 Å². The van der Waals surface area contributed by atoms with Crippen molar-refractivity contribution >= 4 is 32.8 Å². The smallest absolute Gasteiger partial charge is 0.203 e. The van der Waals surface area contributed by atoms with Gasteiger partial charge in [-0.25, -0.2) is 0 Å². The molecule has 0 aromatic heterocycles. The van der Waals surface area contributed by atoms with Gasteiger partial charge in [0.15, 0.2) is 0 Å². The molecule has 3 heteroatoms. The van der Waals surface area contributed by atoms with Crippen LogP contribution in [-0.2, 0) is 4.79 Å². The molecule has 3 saturated carbocycles. The third-order valence-corrected chi connectivity index (χ3v) is 14.4. The fourth-order valence-electron chi connectivity index (χ4n) is 9.25. The normalized spacial score (nSPS) is 40.6. The van der Waals surface area contributed by atoms with E-state index in [-0.39, 0.29) is 4.83 Å². The molecule has 0 amide bonds. The second-order valence-corrected chi connectivity index (χ2v) is 16.5. The van der Waals surface area contributed by atoms with Gasteiger partial charge in [-0.2, -0.15) is 0 Å². The van der Waals surface area contributed by atoms with Gasteiger partial charge in [0.05, 0.1) is 4.83 Å². The van der Waals surface area contributed by atoms with E-state index in [1.165, 1.54) is 64.2 Å². The first-order valence-corrected chi connectivity index (χ1v) is 16.8. The Morgan fingerprint density at radius 3 is 2.46 bits per heavy atom. The van der Waals surface area contributed by atoms with Crippen LogP contribution in [0.25, 0.3) is 0 Å². The van der Waals surface area contributed by atoms with Crippen LogP contribution in [0.3, 0.4) is 0 Å². The van der Waals surface area contributed by atoms with Crippen LogP contribution in [0, 0.1) is 52.3 Å². The fourth-order valence-corrected chi connectivity index (χ4v) is 10.8. The van der Waals surface area contributed by atoms with E-state index in [0.29, 0.717) is 27.1 Å². The maximum atomic E-state index is 12.8. The highest BCUT2D eigenvalue weighted by molar-refractivity contribution is 9.10. The van der Waals surface area contributed by atoms with Crippen molar-refractivity contribution in [2.45, 2.75) is 129 Å². The number of hydrogen-bond acceptors (Lipinski definition) is 2. The lowest BCUT2D eigenvalue weighted by Gasteiger charge is -2.58. The maximum Gasteiger partial charge on any atom is 0.203 e. The first kappa shape index (κ1) is 28.3. The molecule has 0 aromatic carbocycles. The first-order chi connectivity index (χ1) is 16.5. The topological polar surface area (TPSA) is 17.1 Å². The quantitative estimate of drug-likeness (QED) is 0.215. The van der Waals surface area contributed by atoms with Gasteiger partial charge in [-0.3, -0.25) is 4.79 Å². The molecule has 0 bridgehead atoms. The van der Waals surface area contributed by atoms with Crippen molar-refractivity contribution < 1.29 is 4.79 Å². The second kappa shape index (κ2) is 11.2.